The lowest BCUT2D eigenvalue weighted by molar-refractivity contribution is -0.140. The Balaban J connectivity index is 2.53. The van der Waals surface area contributed by atoms with Gasteiger partial charge in [0.1, 0.15) is 0 Å². The van der Waals surface area contributed by atoms with Crippen molar-refractivity contribution in [2.75, 3.05) is 14.1 Å². The van der Waals surface area contributed by atoms with Crippen molar-refractivity contribution < 1.29 is 9.59 Å². The maximum atomic E-state index is 11.7. The monoisotopic (exact) mass is 256 g/mol. The molecule has 1 aliphatic carbocycles. The third-order valence-corrected chi connectivity index (χ3v) is 3.22. The van der Waals surface area contributed by atoms with Crippen molar-refractivity contribution in [1.82, 2.24) is 10.0 Å². The van der Waals surface area contributed by atoms with Gasteiger partial charge in [0.15, 0.2) is 0 Å². The van der Waals surface area contributed by atoms with Crippen molar-refractivity contribution in [2.24, 2.45) is 22.4 Å². The van der Waals surface area contributed by atoms with Crippen molar-refractivity contribution in [1.29, 1.82) is 0 Å². The van der Waals surface area contributed by atoms with Crippen LogP contribution >= 0.6 is 0 Å². The molecule has 0 aromatic heterocycles. The molecular weight excluding hydrogens is 240 g/mol. The molecule has 0 atom stereocenters. The summed E-state index contributed by atoms with van der Waals surface area (Å²) in [7, 11) is 3.38. The Kier molecular flexibility index (Phi) is 4.87. The van der Waals surface area contributed by atoms with E-state index in [4.69, 9.17) is 0 Å². The minimum atomic E-state index is -0.684. The van der Waals surface area contributed by atoms with Gasteiger partial charge < -0.3 is 4.90 Å². The van der Waals surface area contributed by atoms with Gasteiger partial charge in [0, 0.05) is 25.9 Å². The number of carbonyl (C=O) groups is 2. The summed E-state index contributed by atoms with van der Waals surface area (Å²) in [6, 6.07) is 0. The van der Waals surface area contributed by atoms with E-state index in [0.29, 0.717) is 25.7 Å². The van der Waals surface area contributed by atoms with Gasteiger partial charge in [-0.3, -0.25) is 9.59 Å². The first kappa shape index (κ1) is 14.2. The van der Waals surface area contributed by atoms with Crippen LogP contribution in [0.5, 0.6) is 0 Å². The molecule has 0 heterocycles. The van der Waals surface area contributed by atoms with Crippen molar-refractivity contribution in [3.8, 4) is 0 Å². The second kappa shape index (κ2) is 6.18. The maximum absolute atomic E-state index is 11.7. The maximum Gasteiger partial charge on any atom is 0.274 e. The molecule has 1 rings (SSSR count). The molecule has 0 bridgehead atoms. The van der Waals surface area contributed by atoms with Gasteiger partial charge in [-0.05, 0) is 30.8 Å². The fourth-order valence-corrected chi connectivity index (χ4v) is 2.21. The Morgan fingerprint density at radius 1 is 0.889 bits per heavy atom. The summed E-state index contributed by atoms with van der Waals surface area (Å²) < 4.78 is 0. The van der Waals surface area contributed by atoms with Crippen molar-refractivity contribution in [3.63, 3.8) is 0 Å². The molecule has 1 fully saturated rings. The van der Waals surface area contributed by atoms with Crippen LogP contribution in [-0.2, 0) is 9.59 Å². The molecule has 2 amide bonds. The minimum Gasteiger partial charge on any atom is -0.349 e. The fraction of sp³-hybridized carbons (Fsp3) is 0.800. The van der Waals surface area contributed by atoms with Crippen molar-refractivity contribution in [3.05, 3.63) is 9.81 Å². The molecule has 0 N–H and O–H groups in total. The van der Waals surface area contributed by atoms with E-state index in [-0.39, 0.29) is 16.9 Å². The highest BCUT2D eigenvalue weighted by molar-refractivity contribution is 5.80. The summed E-state index contributed by atoms with van der Waals surface area (Å²) >= 11 is 0. The van der Waals surface area contributed by atoms with Gasteiger partial charge in [0.25, 0.3) is 5.91 Å². The number of carbonyl (C=O) groups excluding carboxylic acids is 2. The van der Waals surface area contributed by atoms with Crippen LogP contribution < -0.4 is 0 Å². The lowest BCUT2D eigenvalue weighted by atomic mass is 9.81. The Morgan fingerprint density at radius 3 is 1.61 bits per heavy atom. The van der Waals surface area contributed by atoms with Crippen LogP contribution in [0.2, 0.25) is 0 Å². The van der Waals surface area contributed by atoms with E-state index in [9.17, 15) is 19.4 Å². The van der Waals surface area contributed by atoms with Crippen molar-refractivity contribution in [2.45, 2.75) is 25.7 Å². The molecule has 0 spiro atoms. The average molecular weight is 256 g/mol. The molecule has 18 heavy (non-hydrogen) atoms. The average Bonchev–Trinajstić information content (AvgIpc) is 2.39. The topological polar surface area (TPSA) is 99.5 Å². The molecule has 0 aromatic rings. The van der Waals surface area contributed by atoms with E-state index in [1.807, 2.05) is 0 Å². The SMILES string of the molecule is CN(C)C(=O)C1CCC(C(=O)N(N=O)N=O)CC1. The molecule has 8 nitrogen and oxygen atoms in total. The first-order chi connectivity index (χ1) is 8.51. The minimum absolute atomic E-state index is 0.0404. The standard InChI is InChI=1S/C10H16N4O4/c1-13(2)9(15)7-3-5-8(6-4-7)10(16)14(11-17)12-18/h7-8H,3-6H2,1-2H3. The zero-order valence-electron chi connectivity index (χ0n) is 10.4. The van der Waals surface area contributed by atoms with Crippen LogP contribution in [0.1, 0.15) is 25.7 Å². The largest absolute Gasteiger partial charge is 0.349 e. The molecule has 0 aliphatic heterocycles. The second-order valence-corrected chi connectivity index (χ2v) is 4.57. The third kappa shape index (κ3) is 3.08. The second-order valence-electron chi connectivity index (χ2n) is 4.57. The highest BCUT2D eigenvalue weighted by Crippen LogP contribution is 2.31. The van der Waals surface area contributed by atoms with Crippen LogP contribution in [0.4, 0.5) is 0 Å². The molecule has 0 aromatic carbocycles. The van der Waals surface area contributed by atoms with Crippen molar-refractivity contribution >= 4 is 11.8 Å². The van der Waals surface area contributed by atoms with Crippen LogP contribution in [-0.4, -0.2) is 35.9 Å². The summed E-state index contributed by atoms with van der Waals surface area (Å²) in [5, 5.41) is 4.53. The Bertz CT molecular complexity index is 342. The first-order valence-corrected chi connectivity index (χ1v) is 5.73. The number of amides is 2. The van der Waals surface area contributed by atoms with Gasteiger partial charge in [-0.2, -0.15) is 0 Å². The van der Waals surface area contributed by atoms with Gasteiger partial charge in [-0.25, -0.2) is 0 Å². The molecule has 0 unspecified atom stereocenters. The highest BCUT2D eigenvalue weighted by atomic mass is 16.4. The van der Waals surface area contributed by atoms with Gasteiger partial charge >= 0.3 is 0 Å². The van der Waals surface area contributed by atoms with E-state index in [1.54, 1.807) is 14.1 Å². The van der Waals surface area contributed by atoms with Gasteiger partial charge in [-0.1, -0.05) is 0 Å². The predicted octanol–water partition coefficient (Wildman–Crippen LogP) is 1.07. The fourth-order valence-electron chi connectivity index (χ4n) is 2.21. The zero-order chi connectivity index (χ0) is 13.7. The number of nitroso groups, excluding NO2 is 2. The molecule has 100 valence electrons. The van der Waals surface area contributed by atoms with E-state index in [1.165, 1.54) is 4.90 Å². The lowest BCUT2D eigenvalue weighted by Crippen LogP contribution is -2.36. The predicted molar refractivity (Wildman–Crippen MR) is 62.6 cm³/mol. The van der Waals surface area contributed by atoms with Crippen LogP contribution in [0.3, 0.4) is 0 Å². The molecule has 8 heteroatoms. The van der Waals surface area contributed by atoms with Crippen LogP contribution in [0.15, 0.2) is 10.6 Å². The summed E-state index contributed by atoms with van der Waals surface area (Å²) in [6.07, 6.45) is 2.06. The summed E-state index contributed by atoms with van der Waals surface area (Å²) in [5.41, 5.74) is 0. The molecule has 0 saturated heterocycles. The van der Waals surface area contributed by atoms with Gasteiger partial charge in [-0.15, -0.1) is 9.81 Å². The van der Waals surface area contributed by atoms with E-state index in [0.717, 1.165) is 0 Å². The number of rotatable bonds is 4. The quantitative estimate of drug-likeness (QED) is 0.554. The smallest absolute Gasteiger partial charge is 0.274 e. The zero-order valence-corrected chi connectivity index (χ0v) is 10.4. The normalized spacial score (nSPS) is 23.0. The summed E-state index contributed by atoms with van der Waals surface area (Å²) in [4.78, 5) is 45.2. The van der Waals surface area contributed by atoms with E-state index < -0.39 is 11.8 Å². The number of hydrogen-bond acceptors (Lipinski definition) is 6. The van der Waals surface area contributed by atoms with Gasteiger partial charge in [0.2, 0.25) is 5.91 Å². The van der Waals surface area contributed by atoms with E-state index in [2.05, 4.69) is 10.6 Å². The Morgan fingerprint density at radius 2 is 1.28 bits per heavy atom. The van der Waals surface area contributed by atoms with Crippen LogP contribution in [0.25, 0.3) is 0 Å². The van der Waals surface area contributed by atoms with Gasteiger partial charge in [0.05, 0.1) is 10.6 Å². The highest BCUT2D eigenvalue weighted by Gasteiger charge is 2.33. The number of nitrogens with zero attached hydrogens (tertiary/aromatic N) is 4. The Hall–Kier alpha value is -1.86. The summed E-state index contributed by atoms with van der Waals surface area (Å²) in [6.45, 7) is 0. The third-order valence-electron chi connectivity index (χ3n) is 3.22. The molecule has 1 saturated carbocycles. The summed E-state index contributed by atoms with van der Waals surface area (Å²) in [5.74, 6) is -1.19. The Labute approximate surface area is 104 Å². The molecule has 0 radical (unpaired) electrons. The van der Waals surface area contributed by atoms with Crippen LogP contribution in [0, 0.1) is 21.6 Å². The first-order valence-electron chi connectivity index (χ1n) is 5.73. The molecular formula is C10H16N4O4. The lowest BCUT2D eigenvalue weighted by Gasteiger charge is -2.28. The van der Waals surface area contributed by atoms with E-state index >= 15 is 0 Å². The number of hydrogen-bond donors (Lipinski definition) is 0. The molecule has 1 aliphatic rings.